The molecule has 0 radical (unpaired) electrons. The van der Waals surface area contributed by atoms with Crippen molar-refractivity contribution in [3.8, 4) is 0 Å². The summed E-state index contributed by atoms with van der Waals surface area (Å²) in [5, 5.41) is 0. The summed E-state index contributed by atoms with van der Waals surface area (Å²) in [6, 6.07) is 0. The Bertz CT molecular complexity index is 284. The molecule has 4 nitrogen and oxygen atoms in total. The average Bonchev–Trinajstić information content (AvgIpc) is 2.49. The average molecular weight is 407 g/mol. The Labute approximate surface area is 159 Å². The van der Waals surface area contributed by atoms with E-state index < -0.39 is 7.82 Å². The molecule has 0 fully saturated rings. The Balaban J connectivity index is 0. The van der Waals surface area contributed by atoms with Gasteiger partial charge in [0.15, 0.2) is 0 Å². The Morgan fingerprint density at radius 1 is 0.625 bits per heavy atom. The molecule has 0 aliphatic carbocycles. The minimum atomic E-state index is -4.76. The van der Waals surface area contributed by atoms with Crippen molar-refractivity contribution in [2.75, 3.05) is 6.61 Å². The third kappa shape index (κ3) is 24.9. The SMILES string of the molecule is CCCCCCCCCCCCCCCCCCOP(=O)([O-])[O-].[Ni+2]. The largest absolute Gasteiger partial charge is 2.00 e. The number of rotatable bonds is 18. The Morgan fingerprint density at radius 2 is 0.917 bits per heavy atom. The van der Waals surface area contributed by atoms with Gasteiger partial charge in [-0.1, -0.05) is 103 Å². The van der Waals surface area contributed by atoms with E-state index in [2.05, 4.69) is 11.4 Å². The van der Waals surface area contributed by atoms with Gasteiger partial charge >= 0.3 is 16.5 Å². The molecule has 0 saturated carbocycles. The fourth-order valence-electron chi connectivity index (χ4n) is 2.83. The predicted octanol–water partition coefficient (Wildman–Crippen LogP) is 5.09. The summed E-state index contributed by atoms with van der Waals surface area (Å²) in [5.74, 6) is 0. The van der Waals surface area contributed by atoms with Gasteiger partial charge in [0.05, 0.1) is 14.4 Å². The van der Waals surface area contributed by atoms with Gasteiger partial charge in [0.2, 0.25) is 0 Å². The van der Waals surface area contributed by atoms with Crippen molar-refractivity contribution in [3.05, 3.63) is 0 Å². The van der Waals surface area contributed by atoms with Gasteiger partial charge in [-0.15, -0.1) is 0 Å². The molecule has 0 aromatic carbocycles. The zero-order valence-corrected chi connectivity index (χ0v) is 17.3. The molecule has 148 valence electrons. The molecule has 0 spiro atoms. The van der Waals surface area contributed by atoms with Crippen LogP contribution in [0.2, 0.25) is 0 Å². The maximum absolute atomic E-state index is 10.2. The second-order valence-corrected chi connectivity index (χ2v) is 7.74. The van der Waals surface area contributed by atoms with E-state index in [1.165, 1.54) is 83.5 Å². The number of hydrogen-bond donors (Lipinski definition) is 0. The quantitative estimate of drug-likeness (QED) is 0.180. The van der Waals surface area contributed by atoms with Crippen molar-refractivity contribution >= 4 is 7.82 Å². The molecule has 0 heterocycles. The summed E-state index contributed by atoms with van der Waals surface area (Å²) < 4.78 is 14.4. The van der Waals surface area contributed by atoms with Gasteiger partial charge in [0.25, 0.3) is 0 Å². The second kappa shape index (κ2) is 19.9. The van der Waals surface area contributed by atoms with E-state index in [0.29, 0.717) is 6.42 Å². The maximum Gasteiger partial charge on any atom is 2.00 e. The van der Waals surface area contributed by atoms with Gasteiger partial charge in [0, 0.05) is 0 Å². The van der Waals surface area contributed by atoms with Crippen molar-refractivity contribution < 1.29 is 35.4 Å². The molecule has 0 saturated heterocycles. The van der Waals surface area contributed by atoms with Crippen LogP contribution in [-0.4, -0.2) is 6.61 Å². The van der Waals surface area contributed by atoms with Crippen molar-refractivity contribution in [1.29, 1.82) is 0 Å². The third-order valence-electron chi connectivity index (χ3n) is 4.25. The topological polar surface area (TPSA) is 72.4 Å². The van der Waals surface area contributed by atoms with E-state index in [4.69, 9.17) is 0 Å². The third-order valence-corrected chi connectivity index (χ3v) is 4.75. The van der Waals surface area contributed by atoms with E-state index in [1.807, 2.05) is 0 Å². The van der Waals surface area contributed by atoms with Gasteiger partial charge < -0.3 is 18.9 Å². The molecule has 0 bridgehead atoms. The molecule has 0 atom stereocenters. The molecule has 24 heavy (non-hydrogen) atoms. The fourth-order valence-corrected chi connectivity index (χ4v) is 3.18. The number of unbranched alkanes of at least 4 members (excludes halogenated alkanes) is 15. The minimum Gasteiger partial charge on any atom is -0.790 e. The van der Waals surface area contributed by atoms with E-state index in [1.54, 1.807) is 0 Å². The van der Waals surface area contributed by atoms with Gasteiger partial charge in [-0.3, -0.25) is 0 Å². The number of phosphoric acid groups is 1. The Morgan fingerprint density at radius 3 is 1.21 bits per heavy atom. The maximum atomic E-state index is 10.2. The second-order valence-electron chi connectivity index (χ2n) is 6.58. The summed E-state index contributed by atoms with van der Waals surface area (Å²) in [6.45, 7) is 2.30. The van der Waals surface area contributed by atoms with Crippen molar-refractivity contribution in [2.45, 2.75) is 110 Å². The normalized spacial score (nSPS) is 11.5. The van der Waals surface area contributed by atoms with Crippen LogP contribution < -0.4 is 9.79 Å². The molecule has 0 unspecified atom stereocenters. The summed E-state index contributed by atoms with van der Waals surface area (Å²) in [7, 11) is -4.76. The van der Waals surface area contributed by atoms with Crippen molar-refractivity contribution in [3.63, 3.8) is 0 Å². The molecular formula is C18H37NiO4P. The van der Waals surface area contributed by atoms with Gasteiger partial charge in [-0.2, -0.15) is 0 Å². The molecule has 0 amide bonds. The van der Waals surface area contributed by atoms with Crippen molar-refractivity contribution in [1.82, 2.24) is 0 Å². The van der Waals surface area contributed by atoms with Crippen LogP contribution in [0.1, 0.15) is 110 Å². The first-order valence-electron chi connectivity index (χ1n) is 9.73. The predicted molar refractivity (Wildman–Crippen MR) is 93.1 cm³/mol. The molecule has 0 N–H and O–H groups in total. The number of phosphoric ester groups is 1. The Hall–Kier alpha value is 0.604. The Kier molecular flexibility index (Phi) is 22.3. The summed E-state index contributed by atoms with van der Waals surface area (Å²) in [6.07, 6.45) is 20.3. The summed E-state index contributed by atoms with van der Waals surface area (Å²) in [4.78, 5) is 20.5. The first kappa shape index (κ1) is 26.8. The van der Waals surface area contributed by atoms with Crippen LogP contribution >= 0.6 is 7.82 Å². The molecule has 0 aliphatic rings. The van der Waals surface area contributed by atoms with Crippen LogP contribution in [-0.2, 0) is 25.6 Å². The standard InChI is InChI=1S/C18H39O4P.Ni/c1-2-3-4-5-6-7-8-9-10-11-12-13-14-15-16-17-18-22-23(19,20)21;/h2-18H2,1H3,(H2,19,20,21);/q;+2/p-2. The van der Waals surface area contributed by atoms with Gasteiger partial charge in [-0.05, 0) is 6.42 Å². The van der Waals surface area contributed by atoms with Crippen molar-refractivity contribution in [2.24, 2.45) is 0 Å². The van der Waals surface area contributed by atoms with E-state index in [9.17, 15) is 14.4 Å². The van der Waals surface area contributed by atoms with Crippen LogP contribution in [0.4, 0.5) is 0 Å². The monoisotopic (exact) mass is 406 g/mol. The molecular weight excluding hydrogens is 370 g/mol. The van der Waals surface area contributed by atoms with Gasteiger partial charge in [-0.25, -0.2) is 0 Å². The zero-order valence-electron chi connectivity index (χ0n) is 15.4. The van der Waals surface area contributed by atoms with Crippen LogP contribution in [0.15, 0.2) is 0 Å². The molecule has 0 aromatic rings. The minimum absolute atomic E-state index is 0. The molecule has 0 rings (SSSR count). The van der Waals surface area contributed by atoms with E-state index in [-0.39, 0.29) is 23.1 Å². The summed E-state index contributed by atoms with van der Waals surface area (Å²) in [5.41, 5.74) is 0. The fraction of sp³-hybridized carbons (Fsp3) is 1.00. The van der Waals surface area contributed by atoms with E-state index >= 15 is 0 Å². The van der Waals surface area contributed by atoms with Gasteiger partial charge in [0.1, 0.15) is 0 Å². The number of hydrogen-bond acceptors (Lipinski definition) is 4. The summed E-state index contributed by atoms with van der Waals surface area (Å²) >= 11 is 0. The van der Waals surface area contributed by atoms with E-state index in [0.717, 1.165) is 12.8 Å². The molecule has 6 heteroatoms. The molecule has 0 aliphatic heterocycles. The smallest absolute Gasteiger partial charge is 0.790 e. The van der Waals surface area contributed by atoms with Crippen LogP contribution in [0.3, 0.4) is 0 Å². The zero-order chi connectivity index (χ0) is 17.2. The van der Waals surface area contributed by atoms with Crippen LogP contribution in [0, 0.1) is 0 Å². The van der Waals surface area contributed by atoms with Crippen LogP contribution in [0.5, 0.6) is 0 Å². The molecule has 0 aromatic heterocycles. The first-order valence-corrected chi connectivity index (χ1v) is 11.2. The first-order chi connectivity index (χ1) is 11.1. The van der Waals surface area contributed by atoms with Crippen LogP contribution in [0.25, 0.3) is 0 Å².